The van der Waals surface area contributed by atoms with Gasteiger partial charge in [0.05, 0.1) is 5.56 Å². The lowest BCUT2D eigenvalue weighted by atomic mass is 9.92. The van der Waals surface area contributed by atoms with Gasteiger partial charge in [0, 0.05) is 32.2 Å². The fourth-order valence-electron chi connectivity index (χ4n) is 1.73. The van der Waals surface area contributed by atoms with Gasteiger partial charge >= 0.3 is 6.18 Å². The number of aromatic nitrogens is 1. The molecule has 1 atom stereocenters. The van der Waals surface area contributed by atoms with Gasteiger partial charge in [-0.25, -0.2) is 0 Å². The van der Waals surface area contributed by atoms with E-state index in [1.165, 1.54) is 21.1 Å². The van der Waals surface area contributed by atoms with E-state index < -0.39 is 29.2 Å². The molecule has 102 valence electrons. The summed E-state index contributed by atoms with van der Waals surface area (Å²) in [5.41, 5.74) is -3.34. The number of methoxy groups -OCH3 is 2. The predicted octanol–water partition coefficient (Wildman–Crippen LogP) is 1.93. The van der Waals surface area contributed by atoms with E-state index in [0.29, 0.717) is 0 Å². The summed E-state index contributed by atoms with van der Waals surface area (Å²) >= 11 is 0. The highest BCUT2D eigenvalue weighted by molar-refractivity contribution is 5.31. The van der Waals surface area contributed by atoms with Gasteiger partial charge in [-0.2, -0.15) is 13.2 Å². The normalized spacial score (nSPS) is 15.8. The average molecular weight is 265 g/mol. The van der Waals surface area contributed by atoms with Crippen molar-refractivity contribution < 1.29 is 27.8 Å². The van der Waals surface area contributed by atoms with Crippen LogP contribution < -0.4 is 0 Å². The summed E-state index contributed by atoms with van der Waals surface area (Å²) in [5, 5.41) is 10.2. The Morgan fingerprint density at radius 1 is 1.22 bits per heavy atom. The van der Waals surface area contributed by atoms with Crippen molar-refractivity contribution in [2.24, 2.45) is 0 Å². The number of alkyl halides is 3. The molecule has 0 saturated heterocycles. The first-order chi connectivity index (χ1) is 8.25. The minimum atomic E-state index is -4.59. The largest absolute Gasteiger partial charge is 0.416 e. The number of rotatable bonds is 4. The maximum Gasteiger partial charge on any atom is 0.416 e. The van der Waals surface area contributed by atoms with Crippen LogP contribution in [0.3, 0.4) is 0 Å². The lowest BCUT2D eigenvalue weighted by Crippen LogP contribution is -2.41. The highest BCUT2D eigenvalue weighted by atomic mass is 19.4. The van der Waals surface area contributed by atoms with Crippen LogP contribution in [0.2, 0.25) is 0 Å². The number of ether oxygens (including phenoxy) is 2. The molecule has 0 bridgehead atoms. The first kappa shape index (κ1) is 14.9. The van der Waals surface area contributed by atoms with Gasteiger partial charge in [0.1, 0.15) is 5.60 Å². The van der Waals surface area contributed by atoms with E-state index in [9.17, 15) is 18.3 Å². The van der Waals surface area contributed by atoms with Crippen LogP contribution in [0.5, 0.6) is 0 Å². The highest BCUT2D eigenvalue weighted by Crippen LogP contribution is 2.38. The zero-order valence-corrected chi connectivity index (χ0v) is 10.2. The van der Waals surface area contributed by atoms with Gasteiger partial charge in [0.15, 0.2) is 6.29 Å². The van der Waals surface area contributed by atoms with Crippen LogP contribution in [0.15, 0.2) is 18.5 Å². The Kier molecular flexibility index (Phi) is 4.31. The molecule has 0 spiro atoms. The van der Waals surface area contributed by atoms with E-state index in [1.807, 2.05) is 0 Å². The van der Waals surface area contributed by atoms with Gasteiger partial charge in [-0.3, -0.25) is 4.98 Å². The molecule has 1 aromatic heterocycles. The predicted molar refractivity (Wildman–Crippen MR) is 56.6 cm³/mol. The zero-order valence-electron chi connectivity index (χ0n) is 10.2. The van der Waals surface area contributed by atoms with Crippen molar-refractivity contribution in [2.75, 3.05) is 14.2 Å². The Hall–Kier alpha value is -1.18. The zero-order chi connectivity index (χ0) is 14.0. The smallest absolute Gasteiger partial charge is 0.380 e. The van der Waals surface area contributed by atoms with E-state index in [2.05, 4.69) is 4.98 Å². The summed E-state index contributed by atoms with van der Waals surface area (Å²) in [6.45, 7) is 1.18. The van der Waals surface area contributed by atoms with Gasteiger partial charge in [0.25, 0.3) is 0 Å². The Balaban J connectivity index is 3.32. The third-order valence-corrected chi connectivity index (χ3v) is 2.56. The molecule has 1 aromatic rings. The topological polar surface area (TPSA) is 51.6 Å². The molecule has 4 nitrogen and oxygen atoms in total. The van der Waals surface area contributed by atoms with Gasteiger partial charge in [-0.15, -0.1) is 0 Å². The van der Waals surface area contributed by atoms with Crippen LogP contribution >= 0.6 is 0 Å². The second-order valence-corrected chi connectivity index (χ2v) is 3.87. The molecule has 0 amide bonds. The van der Waals surface area contributed by atoms with Crippen LogP contribution in [0, 0.1) is 0 Å². The van der Waals surface area contributed by atoms with Crippen LogP contribution in [0.1, 0.15) is 18.1 Å². The fourth-order valence-corrected chi connectivity index (χ4v) is 1.73. The number of pyridine rings is 1. The summed E-state index contributed by atoms with van der Waals surface area (Å²) in [4.78, 5) is 3.61. The van der Waals surface area contributed by atoms with E-state index in [1.54, 1.807) is 0 Å². The number of halogens is 3. The van der Waals surface area contributed by atoms with Crippen molar-refractivity contribution >= 4 is 0 Å². The molecule has 1 heterocycles. The van der Waals surface area contributed by atoms with Crippen LogP contribution in [-0.2, 0) is 21.3 Å². The van der Waals surface area contributed by atoms with Crippen molar-refractivity contribution in [3.05, 3.63) is 29.6 Å². The Bertz CT molecular complexity index is 403. The molecule has 7 heteroatoms. The average Bonchev–Trinajstić information content (AvgIpc) is 2.29. The van der Waals surface area contributed by atoms with Gasteiger partial charge in [-0.1, -0.05) is 0 Å². The standard InChI is InChI=1S/C11H14F3NO3/c1-10(16,9(17-2)18-3)8-6-15-5-4-7(8)11(12,13)14/h4-6,9,16H,1-3H3. The fraction of sp³-hybridized carbons (Fsp3) is 0.545. The third-order valence-electron chi connectivity index (χ3n) is 2.56. The minimum Gasteiger partial charge on any atom is -0.380 e. The molecule has 0 aliphatic carbocycles. The van der Waals surface area contributed by atoms with Crippen molar-refractivity contribution in [2.45, 2.75) is 25.0 Å². The van der Waals surface area contributed by atoms with Crippen LogP contribution in [0.4, 0.5) is 13.2 Å². The second kappa shape index (κ2) is 5.21. The maximum absolute atomic E-state index is 12.8. The van der Waals surface area contributed by atoms with Crippen LogP contribution in [0.25, 0.3) is 0 Å². The van der Waals surface area contributed by atoms with Crippen molar-refractivity contribution in [3.8, 4) is 0 Å². The first-order valence-corrected chi connectivity index (χ1v) is 5.04. The first-order valence-electron chi connectivity index (χ1n) is 5.04. The van der Waals surface area contributed by atoms with Gasteiger partial charge in [-0.05, 0) is 13.0 Å². The Labute approximate surface area is 102 Å². The molecule has 0 fully saturated rings. The SMILES string of the molecule is COC(OC)C(C)(O)c1cnccc1C(F)(F)F. The molecule has 1 N–H and O–H groups in total. The van der Waals surface area contributed by atoms with Gasteiger partial charge < -0.3 is 14.6 Å². The molecule has 0 radical (unpaired) electrons. The lowest BCUT2D eigenvalue weighted by molar-refractivity contribution is -0.216. The molecular formula is C11H14F3NO3. The molecule has 0 aliphatic heterocycles. The summed E-state index contributed by atoms with van der Waals surface area (Å²) in [7, 11) is 2.46. The van der Waals surface area contributed by atoms with Crippen molar-refractivity contribution in [1.29, 1.82) is 0 Å². The van der Waals surface area contributed by atoms with Gasteiger partial charge in [0.2, 0.25) is 0 Å². The molecule has 0 aliphatic rings. The number of hydrogen-bond donors (Lipinski definition) is 1. The molecule has 18 heavy (non-hydrogen) atoms. The minimum absolute atomic E-state index is 0.397. The Morgan fingerprint density at radius 3 is 2.22 bits per heavy atom. The van der Waals surface area contributed by atoms with Crippen molar-refractivity contribution in [3.63, 3.8) is 0 Å². The summed E-state index contributed by atoms with van der Waals surface area (Å²) in [6.07, 6.45) is -3.86. The third kappa shape index (κ3) is 2.80. The lowest BCUT2D eigenvalue weighted by Gasteiger charge is -2.32. The highest BCUT2D eigenvalue weighted by Gasteiger charge is 2.43. The summed E-state index contributed by atoms with van der Waals surface area (Å²) in [5.74, 6) is 0. The number of nitrogens with zero attached hydrogens (tertiary/aromatic N) is 1. The van der Waals surface area contributed by atoms with E-state index in [0.717, 1.165) is 18.5 Å². The van der Waals surface area contributed by atoms with Crippen molar-refractivity contribution in [1.82, 2.24) is 4.98 Å². The van der Waals surface area contributed by atoms with E-state index in [-0.39, 0.29) is 0 Å². The molecule has 0 aromatic carbocycles. The molecule has 1 rings (SSSR count). The summed E-state index contributed by atoms with van der Waals surface area (Å²) < 4.78 is 48.1. The van der Waals surface area contributed by atoms with E-state index >= 15 is 0 Å². The maximum atomic E-state index is 12.8. The summed E-state index contributed by atoms with van der Waals surface area (Å²) in [6, 6.07) is 0.798. The van der Waals surface area contributed by atoms with E-state index in [4.69, 9.17) is 9.47 Å². The second-order valence-electron chi connectivity index (χ2n) is 3.87. The molecular weight excluding hydrogens is 251 g/mol. The van der Waals surface area contributed by atoms with Crippen LogP contribution in [-0.4, -0.2) is 30.6 Å². The molecule has 1 unspecified atom stereocenters. The molecule has 0 saturated carbocycles. The quantitative estimate of drug-likeness (QED) is 0.845. The monoisotopic (exact) mass is 265 g/mol. The number of hydrogen-bond acceptors (Lipinski definition) is 4. The Morgan fingerprint density at radius 2 is 1.78 bits per heavy atom. The number of aliphatic hydroxyl groups is 1.